The van der Waals surface area contributed by atoms with E-state index in [4.69, 9.17) is 5.73 Å². The minimum Gasteiger partial charge on any atom is -0.343 e. The fourth-order valence-electron chi connectivity index (χ4n) is 3.11. The van der Waals surface area contributed by atoms with E-state index in [-0.39, 0.29) is 0 Å². The number of hydrogen-bond acceptors (Lipinski definition) is 2. The van der Waals surface area contributed by atoms with Crippen LogP contribution in [0.15, 0.2) is 24.3 Å². The van der Waals surface area contributed by atoms with E-state index in [1.165, 1.54) is 28.7 Å². The van der Waals surface area contributed by atoms with E-state index in [9.17, 15) is 0 Å². The third-order valence-corrected chi connectivity index (χ3v) is 4.04. The molecule has 18 heavy (non-hydrogen) atoms. The fourth-order valence-corrected chi connectivity index (χ4v) is 3.11. The number of nitrogens with two attached hydrogens (primary N) is 1. The predicted molar refractivity (Wildman–Crippen MR) is 75.6 cm³/mol. The molecule has 2 heterocycles. The Hall–Kier alpha value is -1.32. The van der Waals surface area contributed by atoms with Gasteiger partial charge in [0.15, 0.2) is 0 Å². The van der Waals surface area contributed by atoms with E-state index >= 15 is 0 Å². The highest BCUT2D eigenvalue weighted by Gasteiger charge is 2.22. The summed E-state index contributed by atoms with van der Waals surface area (Å²) in [5, 5.41) is 1.42. The molecule has 0 saturated carbocycles. The molecule has 0 aliphatic carbocycles. The maximum atomic E-state index is 5.77. The number of para-hydroxylation sites is 1. The topological polar surface area (TPSA) is 34.2 Å². The molecule has 0 bridgehead atoms. The predicted octanol–water partition coefficient (Wildman–Crippen LogP) is 1.98. The Balaban J connectivity index is 2.17. The van der Waals surface area contributed by atoms with Crippen LogP contribution in [0.3, 0.4) is 0 Å². The van der Waals surface area contributed by atoms with Gasteiger partial charge in [0, 0.05) is 49.2 Å². The van der Waals surface area contributed by atoms with Gasteiger partial charge in [-0.3, -0.25) is 4.90 Å². The first kappa shape index (κ1) is 11.8. The SMILES string of the molecule is CCN1CCc2c(c3ccccc3n2CCN)C1. The van der Waals surface area contributed by atoms with Crippen molar-refractivity contribution < 1.29 is 0 Å². The van der Waals surface area contributed by atoms with Gasteiger partial charge in [-0.1, -0.05) is 25.1 Å². The summed E-state index contributed by atoms with van der Waals surface area (Å²) in [6, 6.07) is 8.73. The van der Waals surface area contributed by atoms with Crippen molar-refractivity contribution in [2.45, 2.75) is 26.4 Å². The number of hydrogen-bond donors (Lipinski definition) is 1. The first-order chi connectivity index (χ1) is 8.85. The lowest BCUT2D eigenvalue weighted by atomic mass is 10.0. The standard InChI is InChI=1S/C15H21N3/c1-2-17-9-7-15-13(11-17)12-5-3-4-6-14(12)18(15)10-8-16/h3-6H,2,7-11,16H2,1H3. The van der Waals surface area contributed by atoms with E-state index in [1.54, 1.807) is 0 Å². The first-order valence-electron chi connectivity index (χ1n) is 6.86. The van der Waals surface area contributed by atoms with Crippen molar-refractivity contribution in [3.8, 4) is 0 Å². The first-order valence-corrected chi connectivity index (χ1v) is 6.86. The Labute approximate surface area is 108 Å². The van der Waals surface area contributed by atoms with Gasteiger partial charge in [-0.2, -0.15) is 0 Å². The van der Waals surface area contributed by atoms with Crippen LogP contribution in [0.2, 0.25) is 0 Å². The molecule has 2 aromatic rings. The van der Waals surface area contributed by atoms with Crippen LogP contribution in [0.1, 0.15) is 18.2 Å². The third-order valence-electron chi connectivity index (χ3n) is 4.04. The summed E-state index contributed by atoms with van der Waals surface area (Å²) in [4.78, 5) is 2.52. The zero-order chi connectivity index (χ0) is 12.5. The molecule has 3 rings (SSSR count). The lowest BCUT2D eigenvalue weighted by molar-refractivity contribution is 0.265. The molecule has 0 amide bonds. The van der Waals surface area contributed by atoms with Crippen LogP contribution in [-0.4, -0.2) is 29.1 Å². The van der Waals surface area contributed by atoms with Gasteiger partial charge in [0.05, 0.1) is 0 Å². The monoisotopic (exact) mass is 243 g/mol. The summed E-state index contributed by atoms with van der Waals surface area (Å²) in [7, 11) is 0. The maximum Gasteiger partial charge on any atom is 0.0486 e. The molecule has 0 radical (unpaired) electrons. The number of rotatable bonds is 3. The van der Waals surface area contributed by atoms with Crippen LogP contribution in [0.4, 0.5) is 0 Å². The van der Waals surface area contributed by atoms with Crippen molar-refractivity contribution in [3.63, 3.8) is 0 Å². The number of aromatic nitrogens is 1. The zero-order valence-corrected chi connectivity index (χ0v) is 11.0. The minimum absolute atomic E-state index is 0.711. The summed E-state index contributed by atoms with van der Waals surface area (Å²) in [5.41, 5.74) is 10.1. The Bertz CT molecular complexity index is 556. The van der Waals surface area contributed by atoms with Crippen LogP contribution in [0.25, 0.3) is 10.9 Å². The molecule has 1 aliphatic rings. The Morgan fingerprint density at radius 3 is 2.89 bits per heavy atom. The average Bonchev–Trinajstić information content (AvgIpc) is 2.74. The van der Waals surface area contributed by atoms with Crippen molar-refractivity contribution in [2.24, 2.45) is 5.73 Å². The molecule has 96 valence electrons. The van der Waals surface area contributed by atoms with Gasteiger partial charge in [-0.15, -0.1) is 0 Å². The second-order valence-electron chi connectivity index (χ2n) is 5.00. The lowest BCUT2D eigenvalue weighted by Gasteiger charge is -2.26. The van der Waals surface area contributed by atoms with Crippen molar-refractivity contribution in [1.82, 2.24) is 9.47 Å². The normalized spacial score (nSPS) is 16.1. The number of likely N-dealkylation sites (N-methyl/N-ethyl adjacent to an activating group) is 1. The third kappa shape index (κ3) is 1.74. The smallest absolute Gasteiger partial charge is 0.0486 e. The molecule has 1 aromatic heterocycles. The highest BCUT2D eigenvalue weighted by molar-refractivity contribution is 5.85. The Morgan fingerprint density at radius 2 is 2.11 bits per heavy atom. The molecule has 0 saturated heterocycles. The fraction of sp³-hybridized carbons (Fsp3) is 0.467. The van der Waals surface area contributed by atoms with Crippen molar-refractivity contribution in [3.05, 3.63) is 35.5 Å². The van der Waals surface area contributed by atoms with E-state index in [2.05, 4.69) is 40.7 Å². The number of benzene rings is 1. The Kier molecular flexibility index (Phi) is 3.10. The highest BCUT2D eigenvalue weighted by Crippen LogP contribution is 2.30. The van der Waals surface area contributed by atoms with Gasteiger partial charge in [0.1, 0.15) is 0 Å². The van der Waals surface area contributed by atoms with Gasteiger partial charge in [-0.05, 0) is 18.2 Å². The summed E-state index contributed by atoms with van der Waals surface area (Å²) in [6.07, 6.45) is 1.15. The summed E-state index contributed by atoms with van der Waals surface area (Å²) < 4.78 is 2.43. The lowest BCUT2D eigenvalue weighted by Crippen LogP contribution is -2.31. The molecule has 2 N–H and O–H groups in total. The van der Waals surface area contributed by atoms with Crippen molar-refractivity contribution in [1.29, 1.82) is 0 Å². The molecule has 1 aliphatic heterocycles. The largest absolute Gasteiger partial charge is 0.343 e. The summed E-state index contributed by atoms with van der Waals surface area (Å²) in [6.45, 7) is 7.28. The molecule has 0 atom stereocenters. The van der Waals surface area contributed by atoms with Crippen LogP contribution in [-0.2, 0) is 19.5 Å². The molecular weight excluding hydrogens is 222 g/mol. The number of fused-ring (bicyclic) bond motifs is 3. The van der Waals surface area contributed by atoms with Gasteiger partial charge in [0.25, 0.3) is 0 Å². The van der Waals surface area contributed by atoms with Crippen LogP contribution < -0.4 is 5.73 Å². The molecule has 3 heteroatoms. The van der Waals surface area contributed by atoms with Crippen molar-refractivity contribution in [2.75, 3.05) is 19.6 Å². The number of nitrogens with zero attached hydrogens (tertiary/aromatic N) is 2. The van der Waals surface area contributed by atoms with Crippen molar-refractivity contribution >= 4 is 10.9 Å². The molecule has 0 fully saturated rings. The molecule has 0 unspecified atom stereocenters. The average molecular weight is 243 g/mol. The second-order valence-corrected chi connectivity index (χ2v) is 5.00. The van der Waals surface area contributed by atoms with Gasteiger partial charge in [-0.25, -0.2) is 0 Å². The zero-order valence-electron chi connectivity index (χ0n) is 11.0. The van der Waals surface area contributed by atoms with E-state index in [0.717, 1.165) is 26.1 Å². The molecule has 0 spiro atoms. The molecule has 3 nitrogen and oxygen atoms in total. The van der Waals surface area contributed by atoms with Crippen LogP contribution in [0.5, 0.6) is 0 Å². The Morgan fingerprint density at radius 1 is 1.28 bits per heavy atom. The van der Waals surface area contributed by atoms with Gasteiger partial charge >= 0.3 is 0 Å². The van der Waals surface area contributed by atoms with E-state index in [0.29, 0.717) is 6.54 Å². The molecule has 1 aromatic carbocycles. The second kappa shape index (κ2) is 4.75. The van der Waals surface area contributed by atoms with Gasteiger partial charge < -0.3 is 10.3 Å². The van der Waals surface area contributed by atoms with E-state index in [1.807, 2.05) is 0 Å². The van der Waals surface area contributed by atoms with E-state index < -0.39 is 0 Å². The summed E-state index contributed by atoms with van der Waals surface area (Å²) in [5.74, 6) is 0. The molecular formula is C15H21N3. The minimum atomic E-state index is 0.711. The van der Waals surface area contributed by atoms with Crippen LogP contribution in [0, 0.1) is 0 Å². The highest BCUT2D eigenvalue weighted by atomic mass is 15.1. The van der Waals surface area contributed by atoms with Crippen LogP contribution >= 0.6 is 0 Å². The maximum absolute atomic E-state index is 5.77. The quantitative estimate of drug-likeness (QED) is 0.894. The van der Waals surface area contributed by atoms with Gasteiger partial charge in [0.2, 0.25) is 0 Å². The summed E-state index contributed by atoms with van der Waals surface area (Å²) >= 11 is 0.